The van der Waals surface area contributed by atoms with Gasteiger partial charge in [0.2, 0.25) is 5.82 Å². The number of hydrogen-bond acceptors (Lipinski definition) is 6. The van der Waals surface area contributed by atoms with Crippen molar-refractivity contribution in [2.45, 2.75) is 4.90 Å². The lowest BCUT2D eigenvalue weighted by atomic mass is 10.3. The number of hydrogen-bond donors (Lipinski definition) is 2. The molecular formula is C13H11N3O4S. The molecule has 2 N–H and O–H groups in total. The van der Waals surface area contributed by atoms with Gasteiger partial charge < -0.3 is 10.4 Å². The molecule has 1 aromatic heterocycles. The lowest BCUT2D eigenvalue weighted by Gasteiger charge is -2.10. The Balaban J connectivity index is 2.48. The minimum atomic E-state index is -1.24. The molecule has 1 heterocycles. The molecule has 1 aromatic carbocycles. The van der Waals surface area contributed by atoms with Gasteiger partial charge in [-0.15, -0.1) is 11.8 Å². The second-order valence-corrected chi connectivity index (χ2v) is 4.80. The molecule has 0 radical (unpaired) electrons. The van der Waals surface area contributed by atoms with Gasteiger partial charge >= 0.3 is 11.7 Å². The number of rotatable bonds is 5. The molecule has 21 heavy (non-hydrogen) atoms. The van der Waals surface area contributed by atoms with Gasteiger partial charge in [-0.1, -0.05) is 12.1 Å². The number of anilines is 2. The number of nitrogens with zero attached hydrogens (tertiary/aromatic N) is 2. The predicted molar refractivity (Wildman–Crippen MR) is 79.4 cm³/mol. The summed E-state index contributed by atoms with van der Waals surface area (Å²) in [4.78, 5) is 26.0. The second-order valence-electron chi connectivity index (χ2n) is 3.95. The summed E-state index contributed by atoms with van der Waals surface area (Å²) in [6.07, 6.45) is 1.87. The molecule has 7 nitrogen and oxygen atoms in total. The van der Waals surface area contributed by atoms with E-state index >= 15 is 0 Å². The summed E-state index contributed by atoms with van der Waals surface area (Å²) in [7, 11) is 0. The highest BCUT2D eigenvalue weighted by molar-refractivity contribution is 7.98. The Morgan fingerprint density at radius 2 is 2.05 bits per heavy atom. The highest BCUT2D eigenvalue weighted by atomic mass is 32.2. The molecule has 108 valence electrons. The monoisotopic (exact) mass is 305 g/mol. The Morgan fingerprint density at radius 1 is 1.33 bits per heavy atom. The molecule has 0 amide bonds. The third kappa shape index (κ3) is 3.29. The number of carboxylic acids is 1. The Morgan fingerprint density at radius 3 is 2.67 bits per heavy atom. The Hall–Kier alpha value is -2.61. The average molecular weight is 305 g/mol. The number of nitrogens with one attached hydrogen (secondary N) is 1. The first-order chi connectivity index (χ1) is 10.0. The zero-order chi connectivity index (χ0) is 15.4. The van der Waals surface area contributed by atoms with Gasteiger partial charge in [0.05, 0.1) is 10.6 Å². The Kier molecular flexibility index (Phi) is 4.39. The number of carbonyl (C=O) groups is 1. The van der Waals surface area contributed by atoms with Crippen molar-refractivity contribution in [3.63, 3.8) is 0 Å². The number of para-hydroxylation sites is 1. The third-order valence-electron chi connectivity index (χ3n) is 2.65. The summed E-state index contributed by atoms with van der Waals surface area (Å²) in [5, 5.41) is 22.8. The van der Waals surface area contributed by atoms with E-state index in [1.807, 2.05) is 18.4 Å². The maximum absolute atomic E-state index is 11.0. The van der Waals surface area contributed by atoms with Crippen LogP contribution in [0.4, 0.5) is 17.2 Å². The highest BCUT2D eigenvalue weighted by Gasteiger charge is 2.19. The van der Waals surface area contributed by atoms with Crippen molar-refractivity contribution in [2.75, 3.05) is 11.6 Å². The fourth-order valence-electron chi connectivity index (χ4n) is 1.69. The third-order valence-corrected chi connectivity index (χ3v) is 3.45. The first-order valence-corrected chi connectivity index (χ1v) is 7.04. The summed E-state index contributed by atoms with van der Waals surface area (Å²) in [5.41, 5.74) is 0.0868. The fourth-order valence-corrected chi connectivity index (χ4v) is 2.24. The summed E-state index contributed by atoms with van der Waals surface area (Å²) in [5.74, 6) is -1.34. The molecule has 0 aliphatic carbocycles. The van der Waals surface area contributed by atoms with Crippen LogP contribution < -0.4 is 5.32 Å². The number of pyridine rings is 1. The minimum absolute atomic E-state index is 0.0959. The Labute approximate surface area is 124 Å². The van der Waals surface area contributed by atoms with Gasteiger partial charge in [-0.3, -0.25) is 10.1 Å². The van der Waals surface area contributed by atoms with Gasteiger partial charge in [-0.05, 0) is 24.5 Å². The lowest BCUT2D eigenvalue weighted by molar-refractivity contribution is -0.384. The van der Waals surface area contributed by atoms with Crippen LogP contribution in [0.15, 0.2) is 41.3 Å². The predicted octanol–water partition coefficient (Wildman–Crippen LogP) is 3.15. The molecule has 2 rings (SSSR count). The van der Waals surface area contributed by atoms with Crippen LogP contribution in [0.5, 0.6) is 0 Å². The summed E-state index contributed by atoms with van der Waals surface area (Å²) in [6.45, 7) is 0. The first kappa shape index (κ1) is 14.8. The summed E-state index contributed by atoms with van der Waals surface area (Å²) < 4.78 is 0. The van der Waals surface area contributed by atoms with Gasteiger partial charge in [0.1, 0.15) is 0 Å². The molecule has 0 atom stereocenters. The zero-order valence-electron chi connectivity index (χ0n) is 10.9. The van der Waals surface area contributed by atoms with E-state index in [-0.39, 0.29) is 17.2 Å². The molecule has 8 heteroatoms. The molecule has 2 aromatic rings. The van der Waals surface area contributed by atoms with E-state index < -0.39 is 10.9 Å². The molecule has 0 unspecified atom stereocenters. The molecule has 0 aliphatic heterocycles. The topological polar surface area (TPSA) is 105 Å². The van der Waals surface area contributed by atoms with Crippen LogP contribution in [0.3, 0.4) is 0 Å². The van der Waals surface area contributed by atoms with Gasteiger partial charge in [0, 0.05) is 11.0 Å². The molecular weight excluding hydrogens is 294 g/mol. The molecule has 0 aliphatic rings. The number of nitro groups is 1. The van der Waals surface area contributed by atoms with Crippen molar-refractivity contribution >= 4 is 34.9 Å². The number of carboxylic acid groups (broad SMARTS) is 1. The van der Waals surface area contributed by atoms with Gasteiger partial charge in [0.15, 0.2) is 5.69 Å². The normalized spacial score (nSPS) is 10.1. The van der Waals surface area contributed by atoms with Crippen LogP contribution in [-0.4, -0.2) is 27.2 Å². The fraction of sp³-hybridized carbons (Fsp3) is 0.0769. The van der Waals surface area contributed by atoms with Crippen LogP contribution >= 0.6 is 11.8 Å². The molecule has 0 fully saturated rings. The van der Waals surface area contributed by atoms with Crippen LogP contribution in [0.2, 0.25) is 0 Å². The van der Waals surface area contributed by atoms with Crippen molar-refractivity contribution in [1.82, 2.24) is 4.98 Å². The van der Waals surface area contributed by atoms with E-state index in [1.165, 1.54) is 11.8 Å². The van der Waals surface area contributed by atoms with Crippen molar-refractivity contribution in [2.24, 2.45) is 0 Å². The largest absolute Gasteiger partial charge is 0.477 e. The number of benzene rings is 1. The highest BCUT2D eigenvalue weighted by Crippen LogP contribution is 2.31. The van der Waals surface area contributed by atoms with Crippen LogP contribution in [0.1, 0.15) is 10.5 Å². The summed E-state index contributed by atoms with van der Waals surface area (Å²) >= 11 is 1.46. The second kappa shape index (κ2) is 6.23. The smallest absolute Gasteiger partial charge is 0.354 e. The van der Waals surface area contributed by atoms with Crippen LogP contribution in [0.25, 0.3) is 0 Å². The minimum Gasteiger partial charge on any atom is -0.477 e. The first-order valence-electron chi connectivity index (χ1n) is 5.81. The zero-order valence-corrected chi connectivity index (χ0v) is 11.8. The molecule has 0 spiro atoms. The van der Waals surface area contributed by atoms with Crippen LogP contribution in [-0.2, 0) is 0 Å². The van der Waals surface area contributed by atoms with Crippen molar-refractivity contribution in [3.8, 4) is 0 Å². The van der Waals surface area contributed by atoms with E-state index in [9.17, 15) is 14.9 Å². The van der Waals surface area contributed by atoms with Gasteiger partial charge in [-0.2, -0.15) is 0 Å². The van der Waals surface area contributed by atoms with Gasteiger partial charge in [0.25, 0.3) is 0 Å². The van der Waals surface area contributed by atoms with E-state index in [4.69, 9.17) is 5.11 Å². The molecule has 0 bridgehead atoms. The van der Waals surface area contributed by atoms with E-state index in [0.717, 1.165) is 17.0 Å². The van der Waals surface area contributed by atoms with Crippen molar-refractivity contribution in [1.29, 1.82) is 0 Å². The average Bonchev–Trinajstić information content (AvgIpc) is 2.47. The van der Waals surface area contributed by atoms with Crippen molar-refractivity contribution in [3.05, 3.63) is 52.2 Å². The maximum Gasteiger partial charge on any atom is 0.354 e. The van der Waals surface area contributed by atoms with Gasteiger partial charge in [-0.25, -0.2) is 9.78 Å². The van der Waals surface area contributed by atoms with Crippen molar-refractivity contribution < 1.29 is 14.8 Å². The molecule has 0 saturated carbocycles. The number of aromatic nitrogens is 1. The lowest BCUT2D eigenvalue weighted by Crippen LogP contribution is -2.06. The van der Waals surface area contributed by atoms with E-state index in [2.05, 4.69) is 10.3 Å². The van der Waals surface area contributed by atoms with E-state index in [0.29, 0.717) is 5.69 Å². The molecule has 0 saturated heterocycles. The van der Waals surface area contributed by atoms with E-state index in [1.54, 1.807) is 12.1 Å². The Bertz CT molecular complexity index is 706. The number of thioether (sulfide) groups is 1. The van der Waals surface area contributed by atoms with Crippen LogP contribution in [0, 0.1) is 10.1 Å². The SMILES string of the molecule is CSc1ccccc1Nc1nc(C(=O)O)ccc1[N+](=O)[O-]. The number of aromatic carboxylic acids is 1. The standard InChI is InChI=1S/C13H11N3O4S/c1-21-11-5-3-2-4-8(11)14-12-10(16(19)20)7-6-9(15-12)13(17)18/h2-7H,1H3,(H,14,15)(H,17,18). The quantitative estimate of drug-likeness (QED) is 0.496. The maximum atomic E-state index is 11.0. The summed E-state index contributed by atoms with van der Waals surface area (Å²) in [6, 6.07) is 9.43.